The molecule has 1 aliphatic heterocycles. The lowest BCUT2D eigenvalue weighted by Gasteiger charge is -2.34. The summed E-state index contributed by atoms with van der Waals surface area (Å²) >= 11 is 3.48. The predicted molar refractivity (Wildman–Crippen MR) is 152 cm³/mol. The van der Waals surface area contributed by atoms with Crippen LogP contribution in [0.25, 0.3) is 0 Å². The second-order valence-electron chi connectivity index (χ2n) is 10.6. The fourth-order valence-corrected chi connectivity index (χ4v) is 4.70. The Morgan fingerprint density at radius 3 is 2.24 bits per heavy atom. The normalized spacial score (nSPS) is 13.5. The van der Waals surface area contributed by atoms with Crippen LogP contribution in [0.3, 0.4) is 0 Å². The van der Waals surface area contributed by atoms with Crippen molar-refractivity contribution in [3.05, 3.63) is 94.0 Å². The molecule has 3 aromatic rings. The molecule has 0 saturated carbocycles. The molecular weight excluding hydrogens is 544 g/mol. The fraction of sp³-hybridized carbons (Fsp3) is 0.355. The Labute approximate surface area is 233 Å². The highest BCUT2D eigenvalue weighted by Gasteiger charge is 2.32. The van der Waals surface area contributed by atoms with Gasteiger partial charge in [0.15, 0.2) is 11.5 Å². The zero-order valence-corrected chi connectivity index (χ0v) is 23.8. The molecular formula is C31H35BrN2O4. The fourth-order valence-electron chi connectivity index (χ4n) is 4.43. The monoisotopic (exact) mass is 578 g/mol. The van der Waals surface area contributed by atoms with Crippen molar-refractivity contribution in [2.24, 2.45) is 0 Å². The minimum atomic E-state index is -0.659. The zero-order chi connectivity index (χ0) is 27.1. The average Bonchev–Trinajstić information content (AvgIpc) is 2.90. The molecule has 1 aliphatic rings. The van der Waals surface area contributed by atoms with Gasteiger partial charge in [-0.1, -0.05) is 64.5 Å². The van der Waals surface area contributed by atoms with E-state index in [0.29, 0.717) is 38.3 Å². The third kappa shape index (κ3) is 7.84. The number of hydrogen-bond donors (Lipinski definition) is 1. The van der Waals surface area contributed by atoms with E-state index in [2.05, 4.69) is 21.2 Å². The molecule has 7 heteroatoms. The highest BCUT2D eigenvalue weighted by molar-refractivity contribution is 9.10. The number of ether oxygens (including phenoxy) is 2. The first kappa shape index (κ1) is 27.7. The van der Waals surface area contributed by atoms with Gasteiger partial charge in [0.25, 0.3) is 0 Å². The third-order valence-corrected chi connectivity index (χ3v) is 6.80. The molecule has 200 valence electrons. The minimum Gasteiger partial charge on any atom is -0.486 e. The Kier molecular flexibility index (Phi) is 9.10. The maximum absolute atomic E-state index is 13.9. The van der Waals surface area contributed by atoms with Crippen molar-refractivity contribution >= 4 is 27.7 Å². The number of halogens is 1. The van der Waals surface area contributed by atoms with Crippen LogP contribution in [0, 0.1) is 0 Å². The number of carbonyl (C=O) groups is 2. The lowest BCUT2D eigenvalue weighted by molar-refractivity contribution is -0.141. The molecule has 0 spiro atoms. The van der Waals surface area contributed by atoms with E-state index in [0.717, 1.165) is 26.9 Å². The van der Waals surface area contributed by atoms with Crippen molar-refractivity contribution in [1.29, 1.82) is 0 Å². The number of nitrogens with one attached hydrogen (secondary N) is 1. The van der Waals surface area contributed by atoms with Crippen molar-refractivity contribution < 1.29 is 19.1 Å². The molecule has 0 aliphatic carbocycles. The number of rotatable bonds is 9. The van der Waals surface area contributed by atoms with Crippen LogP contribution in [0.15, 0.2) is 77.3 Å². The van der Waals surface area contributed by atoms with E-state index in [4.69, 9.17) is 9.47 Å². The summed E-state index contributed by atoms with van der Waals surface area (Å²) in [6, 6.07) is 22.9. The van der Waals surface area contributed by atoms with Gasteiger partial charge in [-0.3, -0.25) is 9.59 Å². The van der Waals surface area contributed by atoms with Crippen LogP contribution in [-0.4, -0.2) is 41.5 Å². The van der Waals surface area contributed by atoms with Gasteiger partial charge in [-0.15, -0.1) is 0 Å². The van der Waals surface area contributed by atoms with Crippen LogP contribution >= 0.6 is 15.9 Å². The van der Waals surface area contributed by atoms with Crippen molar-refractivity contribution in [2.45, 2.75) is 58.2 Å². The number of carbonyl (C=O) groups excluding carboxylic acids is 2. The summed E-state index contributed by atoms with van der Waals surface area (Å²) in [6.45, 7) is 7.24. The van der Waals surface area contributed by atoms with E-state index in [-0.39, 0.29) is 18.2 Å². The first-order chi connectivity index (χ1) is 18.2. The van der Waals surface area contributed by atoms with Crippen LogP contribution in [0.5, 0.6) is 11.5 Å². The summed E-state index contributed by atoms with van der Waals surface area (Å²) < 4.78 is 12.3. The zero-order valence-electron chi connectivity index (χ0n) is 22.2. The smallest absolute Gasteiger partial charge is 0.243 e. The summed E-state index contributed by atoms with van der Waals surface area (Å²) in [4.78, 5) is 29.2. The van der Waals surface area contributed by atoms with Crippen LogP contribution in [0.2, 0.25) is 0 Å². The quantitative estimate of drug-likeness (QED) is 0.353. The number of benzene rings is 3. The number of fused-ring (bicyclic) bond motifs is 1. The molecule has 6 nitrogen and oxygen atoms in total. The Hall–Kier alpha value is -3.32. The van der Waals surface area contributed by atoms with E-state index >= 15 is 0 Å². The second kappa shape index (κ2) is 12.5. The molecule has 4 rings (SSSR count). The summed E-state index contributed by atoms with van der Waals surface area (Å²) in [5.74, 6) is 1.20. The average molecular weight is 580 g/mol. The molecule has 38 heavy (non-hydrogen) atoms. The first-order valence-electron chi connectivity index (χ1n) is 13.0. The van der Waals surface area contributed by atoms with Crippen molar-refractivity contribution in [3.8, 4) is 11.5 Å². The maximum Gasteiger partial charge on any atom is 0.243 e. The van der Waals surface area contributed by atoms with Gasteiger partial charge in [-0.2, -0.15) is 0 Å². The number of hydrogen-bond acceptors (Lipinski definition) is 4. The van der Waals surface area contributed by atoms with E-state index in [1.165, 1.54) is 0 Å². The summed E-state index contributed by atoms with van der Waals surface area (Å²) in [5.41, 5.74) is 2.53. The minimum absolute atomic E-state index is 0.0761. The summed E-state index contributed by atoms with van der Waals surface area (Å²) in [7, 11) is 0. The molecule has 3 aromatic carbocycles. The number of amides is 2. The maximum atomic E-state index is 13.9. The van der Waals surface area contributed by atoms with Crippen LogP contribution in [0.1, 0.15) is 43.9 Å². The standard InChI is InChI=1S/C31H35BrN2O4/c1-31(2,3)33-30(36)26(19-22-7-5-4-6-8-22)34(21-24-9-13-25(32)14-10-24)29(35)16-12-23-11-15-27-28(20-23)38-18-17-37-27/h4-11,13-15,20,26H,12,16-19,21H2,1-3H3,(H,33,36)/t26-/m0/s1. The molecule has 1 atom stereocenters. The third-order valence-electron chi connectivity index (χ3n) is 6.27. The molecule has 1 heterocycles. The van der Waals surface area contributed by atoms with Gasteiger partial charge >= 0.3 is 0 Å². The Balaban J connectivity index is 1.60. The largest absolute Gasteiger partial charge is 0.486 e. The topological polar surface area (TPSA) is 67.9 Å². The SMILES string of the molecule is CC(C)(C)NC(=O)[C@H](Cc1ccccc1)N(Cc1ccc(Br)cc1)C(=O)CCc1ccc2c(c1)OCCO2. The molecule has 0 fully saturated rings. The lowest BCUT2D eigenvalue weighted by Crippen LogP contribution is -2.54. The van der Waals surface area contributed by atoms with E-state index in [1.807, 2.05) is 93.6 Å². The first-order valence-corrected chi connectivity index (χ1v) is 13.8. The molecule has 1 N–H and O–H groups in total. The van der Waals surface area contributed by atoms with E-state index in [1.54, 1.807) is 4.90 Å². The van der Waals surface area contributed by atoms with Crippen LogP contribution in [0.4, 0.5) is 0 Å². The van der Waals surface area contributed by atoms with Gasteiger partial charge in [0, 0.05) is 29.4 Å². The van der Waals surface area contributed by atoms with Gasteiger partial charge in [-0.05, 0) is 68.1 Å². The van der Waals surface area contributed by atoms with Gasteiger partial charge in [0.2, 0.25) is 11.8 Å². The molecule has 0 bridgehead atoms. The van der Waals surface area contributed by atoms with Gasteiger partial charge in [0.1, 0.15) is 19.3 Å². The number of aryl methyl sites for hydroxylation is 1. The molecule has 0 aromatic heterocycles. The van der Waals surface area contributed by atoms with Crippen molar-refractivity contribution in [1.82, 2.24) is 10.2 Å². The highest BCUT2D eigenvalue weighted by Crippen LogP contribution is 2.31. The van der Waals surface area contributed by atoms with Gasteiger partial charge < -0.3 is 19.7 Å². The van der Waals surface area contributed by atoms with Crippen molar-refractivity contribution in [2.75, 3.05) is 13.2 Å². The Bertz CT molecular complexity index is 1240. The molecule has 0 saturated heterocycles. The van der Waals surface area contributed by atoms with Crippen molar-refractivity contribution in [3.63, 3.8) is 0 Å². The lowest BCUT2D eigenvalue weighted by atomic mass is 9.99. The second-order valence-corrected chi connectivity index (χ2v) is 11.5. The summed E-state index contributed by atoms with van der Waals surface area (Å²) in [5, 5.41) is 3.11. The van der Waals surface area contributed by atoms with E-state index in [9.17, 15) is 9.59 Å². The van der Waals surface area contributed by atoms with Crippen LogP contribution < -0.4 is 14.8 Å². The van der Waals surface area contributed by atoms with Gasteiger partial charge in [-0.25, -0.2) is 0 Å². The number of nitrogens with zero attached hydrogens (tertiary/aromatic N) is 1. The van der Waals surface area contributed by atoms with Crippen LogP contribution in [-0.2, 0) is 29.0 Å². The highest BCUT2D eigenvalue weighted by atomic mass is 79.9. The van der Waals surface area contributed by atoms with E-state index < -0.39 is 11.6 Å². The summed E-state index contributed by atoms with van der Waals surface area (Å²) in [6.07, 6.45) is 1.23. The molecule has 0 unspecified atom stereocenters. The Morgan fingerprint density at radius 2 is 1.55 bits per heavy atom. The molecule has 2 amide bonds. The predicted octanol–water partition coefficient (Wildman–Crippen LogP) is 5.71. The molecule has 0 radical (unpaired) electrons. The van der Waals surface area contributed by atoms with Gasteiger partial charge in [0.05, 0.1) is 0 Å². The Morgan fingerprint density at radius 1 is 0.895 bits per heavy atom.